The van der Waals surface area contributed by atoms with Crippen molar-refractivity contribution in [2.45, 2.75) is 16.1 Å². The van der Waals surface area contributed by atoms with Crippen LogP contribution in [0, 0.1) is 5.82 Å². The van der Waals surface area contributed by atoms with E-state index < -0.39 is 17.6 Å². The largest absolute Gasteiger partial charge is 0.417 e. The molecule has 2 rings (SSSR count). The van der Waals surface area contributed by atoms with Gasteiger partial charge in [-0.25, -0.2) is 9.37 Å². The van der Waals surface area contributed by atoms with Crippen LogP contribution < -0.4 is 5.73 Å². The monoisotopic (exact) mass is 322 g/mol. The zero-order valence-electron chi connectivity index (χ0n) is 9.71. The predicted molar refractivity (Wildman–Crippen MR) is 69.2 cm³/mol. The van der Waals surface area contributed by atoms with Gasteiger partial charge in [0.15, 0.2) is 0 Å². The molecule has 0 aliphatic carbocycles. The number of nitrogens with zero attached hydrogens (tertiary/aromatic N) is 1. The number of halogens is 5. The summed E-state index contributed by atoms with van der Waals surface area (Å²) in [6.45, 7) is 0. The zero-order valence-corrected chi connectivity index (χ0v) is 11.3. The molecule has 106 valence electrons. The maximum Gasteiger partial charge on any atom is 0.417 e. The number of hydrogen-bond donors (Lipinski definition) is 1. The molecule has 20 heavy (non-hydrogen) atoms. The van der Waals surface area contributed by atoms with Crippen molar-refractivity contribution >= 4 is 29.1 Å². The number of aromatic nitrogens is 1. The van der Waals surface area contributed by atoms with Gasteiger partial charge < -0.3 is 5.73 Å². The lowest BCUT2D eigenvalue weighted by molar-refractivity contribution is -0.137. The van der Waals surface area contributed by atoms with E-state index in [-0.39, 0.29) is 10.7 Å². The van der Waals surface area contributed by atoms with E-state index in [4.69, 9.17) is 17.3 Å². The smallest absolute Gasteiger partial charge is 0.398 e. The van der Waals surface area contributed by atoms with Crippen molar-refractivity contribution in [2.75, 3.05) is 5.73 Å². The molecule has 0 spiro atoms. The van der Waals surface area contributed by atoms with E-state index in [1.165, 1.54) is 12.1 Å². The maximum atomic E-state index is 13.1. The Morgan fingerprint density at radius 2 is 1.90 bits per heavy atom. The Hall–Kier alpha value is -1.47. The molecule has 1 aromatic heterocycles. The summed E-state index contributed by atoms with van der Waals surface area (Å²) in [5.74, 6) is -0.658. The highest BCUT2D eigenvalue weighted by Gasteiger charge is 2.30. The molecule has 0 amide bonds. The molecule has 0 saturated carbocycles. The fourth-order valence-electron chi connectivity index (χ4n) is 1.35. The van der Waals surface area contributed by atoms with Crippen molar-refractivity contribution in [2.24, 2.45) is 0 Å². The van der Waals surface area contributed by atoms with Gasteiger partial charge in [-0.3, -0.25) is 0 Å². The first kappa shape index (κ1) is 14.9. The maximum absolute atomic E-state index is 13.1. The minimum Gasteiger partial charge on any atom is -0.398 e. The first-order valence-electron chi connectivity index (χ1n) is 5.23. The summed E-state index contributed by atoms with van der Waals surface area (Å²) in [4.78, 5) is 4.10. The fraction of sp³-hybridized carbons (Fsp3) is 0.0833. The second-order valence-electron chi connectivity index (χ2n) is 3.79. The average molecular weight is 323 g/mol. The van der Waals surface area contributed by atoms with E-state index in [0.717, 1.165) is 30.1 Å². The molecule has 1 aromatic carbocycles. The van der Waals surface area contributed by atoms with Gasteiger partial charge in [0.2, 0.25) is 0 Å². The fourth-order valence-corrected chi connectivity index (χ4v) is 2.40. The Kier molecular flexibility index (Phi) is 4.10. The van der Waals surface area contributed by atoms with Gasteiger partial charge in [0.1, 0.15) is 10.8 Å². The lowest BCUT2D eigenvalue weighted by Gasteiger charge is -2.08. The summed E-state index contributed by atoms with van der Waals surface area (Å²) in [6, 6.07) is 4.48. The minimum atomic E-state index is -4.44. The number of nitrogens with two attached hydrogens (primary N) is 1. The Morgan fingerprint density at radius 3 is 2.45 bits per heavy atom. The number of benzene rings is 1. The summed E-state index contributed by atoms with van der Waals surface area (Å²) in [6.07, 6.45) is -3.71. The summed E-state index contributed by atoms with van der Waals surface area (Å²) >= 11 is 6.63. The second-order valence-corrected chi connectivity index (χ2v) is 5.26. The van der Waals surface area contributed by atoms with E-state index in [2.05, 4.69) is 4.98 Å². The molecule has 0 radical (unpaired) electrons. The first-order valence-corrected chi connectivity index (χ1v) is 6.42. The van der Waals surface area contributed by atoms with Gasteiger partial charge in [-0.1, -0.05) is 23.4 Å². The molecule has 0 aliphatic rings. The van der Waals surface area contributed by atoms with Gasteiger partial charge in [-0.2, -0.15) is 13.2 Å². The molecule has 0 aliphatic heterocycles. The molecule has 8 heteroatoms. The van der Waals surface area contributed by atoms with Gasteiger partial charge in [0.05, 0.1) is 10.6 Å². The van der Waals surface area contributed by atoms with E-state index in [9.17, 15) is 17.6 Å². The molecule has 0 atom stereocenters. The van der Waals surface area contributed by atoms with E-state index >= 15 is 0 Å². The third kappa shape index (κ3) is 3.34. The van der Waals surface area contributed by atoms with E-state index in [1.54, 1.807) is 0 Å². The van der Waals surface area contributed by atoms with Crippen LogP contribution >= 0.6 is 23.4 Å². The summed E-state index contributed by atoms with van der Waals surface area (Å²) in [5, 5.41) is 0.181. The average Bonchev–Trinajstić information content (AvgIpc) is 2.35. The van der Waals surface area contributed by atoms with Crippen molar-refractivity contribution in [1.29, 1.82) is 0 Å². The van der Waals surface area contributed by atoms with Crippen molar-refractivity contribution in [1.82, 2.24) is 4.98 Å². The number of hydrogen-bond acceptors (Lipinski definition) is 3. The standard InChI is InChI=1S/C12H7ClF4N2S/c13-7-3-10(9(18)4-8(7)14)20-11-2-1-6(5-19-11)12(15,16)17/h1-5H,18H2. The lowest BCUT2D eigenvalue weighted by atomic mass is 10.3. The van der Waals surface area contributed by atoms with Crippen LogP contribution in [-0.2, 0) is 6.18 Å². The highest BCUT2D eigenvalue weighted by molar-refractivity contribution is 7.99. The molecule has 1 heterocycles. The van der Waals surface area contributed by atoms with Gasteiger partial charge >= 0.3 is 6.18 Å². The third-order valence-corrected chi connectivity index (χ3v) is 3.64. The molecule has 2 aromatic rings. The summed E-state index contributed by atoms with van der Waals surface area (Å²) < 4.78 is 50.3. The highest BCUT2D eigenvalue weighted by Crippen LogP contribution is 2.35. The molecule has 0 unspecified atom stereocenters. The topological polar surface area (TPSA) is 38.9 Å². The Balaban J connectivity index is 2.25. The minimum absolute atomic E-state index is 0.117. The van der Waals surface area contributed by atoms with Gasteiger partial charge in [-0.05, 0) is 24.3 Å². The number of alkyl halides is 3. The van der Waals surface area contributed by atoms with Crippen LogP contribution in [0.25, 0.3) is 0 Å². The SMILES string of the molecule is Nc1cc(F)c(Cl)cc1Sc1ccc(C(F)(F)F)cn1. The third-order valence-electron chi connectivity index (χ3n) is 2.33. The van der Waals surface area contributed by atoms with Crippen molar-refractivity contribution < 1.29 is 17.6 Å². The van der Waals surface area contributed by atoms with Crippen LogP contribution in [0.1, 0.15) is 5.56 Å². The van der Waals surface area contributed by atoms with Gasteiger partial charge in [-0.15, -0.1) is 0 Å². The van der Waals surface area contributed by atoms with Crippen LogP contribution in [0.15, 0.2) is 40.4 Å². The van der Waals surface area contributed by atoms with Crippen molar-refractivity contribution in [3.05, 3.63) is 46.9 Å². The number of anilines is 1. The number of rotatable bonds is 2. The molecule has 0 fully saturated rings. The van der Waals surface area contributed by atoms with Crippen molar-refractivity contribution in [3.63, 3.8) is 0 Å². The Morgan fingerprint density at radius 1 is 1.20 bits per heavy atom. The zero-order chi connectivity index (χ0) is 14.9. The van der Waals surface area contributed by atoms with Crippen LogP contribution in [0.3, 0.4) is 0 Å². The molecular formula is C12H7ClF4N2S. The Bertz CT molecular complexity index is 629. The summed E-state index contributed by atoms with van der Waals surface area (Å²) in [7, 11) is 0. The van der Waals surface area contributed by atoms with Crippen LogP contribution in [0.2, 0.25) is 5.02 Å². The van der Waals surface area contributed by atoms with E-state index in [0.29, 0.717) is 9.92 Å². The highest BCUT2D eigenvalue weighted by atomic mass is 35.5. The normalized spacial score (nSPS) is 11.7. The van der Waals surface area contributed by atoms with E-state index in [1.807, 2.05) is 0 Å². The van der Waals surface area contributed by atoms with Gasteiger partial charge in [0.25, 0.3) is 0 Å². The summed E-state index contributed by atoms with van der Waals surface area (Å²) in [5.41, 5.74) is 4.91. The quantitative estimate of drug-likeness (QED) is 0.647. The van der Waals surface area contributed by atoms with Crippen LogP contribution in [0.5, 0.6) is 0 Å². The van der Waals surface area contributed by atoms with Crippen molar-refractivity contribution in [3.8, 4) is 0 Å². The molecular weight excluding hydrogens is 316 g/mol. The Labute approximate surface area is 121 Å². The molecule has 0 bridgehead atoms. The number of pyridine rings is 1. The second kappa shape index (κ2) is 5.49. The molecule has 2 nitrogen and oxygen atoms in total. The molecule has 0 saturated heterocycles. The first-order chi connectivity index (χ1) is 9.27. The van der Waals surface area contributed by atoms with Crippen LogP contribution in [-0.4, -0.2) is 4.98 Å². The van der Waals surface area contributed by atoms with Crippen LogP contribution in [0.4, 0.5) is 23.2 Å². The van der Waals surface area contributed by atoms with Gasteiger partial charge in [0, 0.05) is 16.8 Å². The molecule has 2 N–H and O–H groups in total. The number of nitrogen functional groups attached to an aromatic ring is 1. The lowest BCUT2D eigenvalue weighted by Crippen LogP contribution is -2.05. The predicted octanol–water partition coefficient (Wildman–Crippen LogP) is 4.63.